The molecule has 1 N–H and O–H groups in total. The summed E-state index contributed by atoms with van der Waals surface area (Å²) >= 11 is 0. The van der Waals surface area contributed by atoms with Crippen molar-refractivity contribution in [2.45, 2.75) is 136 Å². The van der Waals surface area contributed by atoms with Crippen LogP contribution in [0.3, 0.4) is 0 Å². The fourth-order valence-electron chi connectivity index (χ4n) is 3.04. The molecule has 0 radical (unpaired) electrons. The Hall–Kier alpha value is -0.480. The molecule has 0 aromatic heterocycles. The van der Waals surface area contributed by atoms with Gasteiger partial charge in [0.1, 0.15) is 5.60 Å². The van der Waals surface area contributed by atoms with Crippen LogP contribution in [0.1, 0.15) is 130 Å². The molecule has 0 aromatic rings. The zero-order chi connectivity index (χ0) is 17.9. The quantitative estimate of drug-likeness (QED) is 0.230. The molecule has 0 aliphatic carbocycles. The van der Waals surface area contributed by atoms with E-state index in [0.29, 0.717) is 0 Å². The van der Waals surface area contributed by atoms with Gasteiger partial charge < -0.3 is 5.11 Å². The van der Waals surface area contributed by atoms with Gasteiger partial charge in [-0.15, -0.1) is 5.92 Å². The molecule has 0 heterocycles. The Kier molecular flexibility index (Phi) is 17.0. The van der Waals surface area contributed by atoms with Crippen LogP contribution in [0, 0.1) is 11.8 Å². The van der Waals surface area contributed by atoms with Crippen molar-refractivity contribution in [2.24, 2.45) is 0 Å². The zero-order valence-electron chi connectivity index (χ0n) is 17.0. The Morgan fingerprint density at radius 2 is 0.917 bits per heavy atom. The van der Waals surface area contributed by atoms with E-state index in [0.717, 1.165) is 6.42 Å². The molecule has 142 valence electrons. The molecule has 0 spiro atoms. The smallest absolute Gasteiger partial charge is 0.119 e. The van der Waals surface area contributed by atoms with Crippen LogP contribution in [0.2, 0.25) is 0 Å². The number of hydrogen-bond acceptors (Lipinski definition) is 1. The van der Waals surface area contributed by atoms with Crippen LogP contribution in [0.4, 0.5) is 0 Å². The Morgan fingerprint density at radius 3 is 1.25 bits per heavy atom. The summed E-state index contributed by atoms with van der Waals surface area (Å²) in [5, 5.41) is 9.48. The highest BCUT2D eigenvalue weighted by atomic mass is 16.3. The van der Waals surface area contributed by atoms with Gasteiger partial charge in [0.2, 0.25) is 0 Å². The molecule has 0 rings (SSSR count). The third kappa shape index (κ3) is 21.5. The third-order valence-electron chi connectivity index (χ3n) is 4.55. The third-order valence-corrected chi connectivity index (χ3v) is 4.55. The van der Waals surface area contributed by atoms with E-state index in [-0.39, 0.29) is 0 Å². The van der Waals surface area contributed by atoms with Crippen molar-refractivity contribution in [3.8, 4) is 11.8 Å². The van der Waals surface area contributed by atoms with E-state index >= 15 is 0 Å². The first-order chi connectivity index (χ1) is 11.6. The molecule has 1 nitrogen and oxygen atoms in total. The summed E-state index contributed by atoms with van der Waals surface area (Å²) in [6.45, 7) is 5.77. The largest absolute Gasteiger partial charge is 0.378 e. The zero-order valence-corrected chi connectivity index (χ0v) is 17.0. The van der Waals surface area contributed by atoms with Crippen LogP contribution < -0.4 is 0 Å². The fourth-order valence-corrected chi connectivity index (χ4v) is 3.04. The maximum Gasteiger partial charge on any atom is 0.119 e. The second kappa shape index (κ2) is 17.3. The highest BCUT2D eigenvalue weighted by Crippen LogP contribution is 2.13. The molecular formula is C23H44O. The summed E-state index contributed by atoms with van der Waals surface area (Å²) in [5.41, 5.74) is -0.824. The molecule has 0 unspecified atom stereocenters. The van der Waals surface area contributed by atoms with Crippen LogP contribution in [-0.2, 0) is 0 Å². The van der Waals surface area contributed by atoms with Crippen LogP contribution in [0.25, 0.3) is 0 Å². The van der Waals surface area contributed by atoms with Crippen molar-refractivity contribution < 1.29 is 5.11 Å². The highest BCUT2D eigenvalue weighted by Gasteiger charge is 2.04. The normalized spacial score (nSPS) is 11.3. The molecule has 0 aliphatic heterocycles. The summed E-state index contributed by atoms with van der Waals surface area (Å²) in [4.78, 5) is 0. The van der Waals surface area contributed by atoms with Gasteiger partial charge in [0.05, 0.1) is 0 Å². The maximum atomic E-state index is 9.48. The van der Waals surface area contributed by atoms with Crippen molar-refractivity contribution >= 4 is 0 Å². The van der Waals surface area contributed by atoms with E-state index in [1.54, 1.807) is 13.8 Å². The fraction of sp³-hybridized carbons (Fsp3) is 0.913. The van der Waals surface area contributed by atoms with Gasteiger partial charge >= 0.3 is 0 Å². The lowest BCUT2D eigenvalue weighted by atomic mass is 10.0. The predicted molar refractivity (Wildman–Crippen MR) is 108 cm³/mol. The maximum absolute atomic E-state index is 9.48. The molecule has 0 amide bonds. The lowest BCUT2D eigenvalue weighted by molar-refractivity contribution is 0.143. The molecular weight excluding hydrogens is 292 g/mol. The van der Waals surface area contributed by atoms with E-state index in [2.05, 4.69) is 18.8 Å². The van der Waals surface area contributed by atoms with Gasteiger partial charge in [0.15, 0.2) is 0 Å². The van der Waals surface area contributed by atoms with Gasteiger partial charge in [-0.3, -0.25) is 0 Å². The minimum absolute atomic E-state index is 0.824. The molecule has 0 fully saturated rings. The average molecular weight is 337 g/mol. The van der Waals surface area contributed by atoms with Gasteiger partial charge in [-0.05, 0) is 20.3 Å². The second-order valence-electron chi connectivity index (χ2n) is 7.91. The van der Waals surface area contributed by atoms with Gasteiger partial charge in [-0.25, -0.2) is 0 Å². The Bertz CT molecular complexity index is 302. The molecule has 0 bridgehead atoms. The second-order valence-corrected chi connectivity index (χ2v) is 7.91. The minimum Gasteiger partial charge on any atom is -0.378 e. The van der Waals surface area contributed by atoms with Crippen molar-refractivity contribution in [3.63, 3.8) is 0 Å². The minimum atomic E-state index is -0.824. The molecule has 24 heavy (non-hydrogen) atoms. The van der Waals surface area contributed by atoms with E-state index in [4.69, 9.17) is 0 Å². The summed E-state index contributed by atoms with van der Waals surface area (Å²) in [7, 11) is 0. The van der Waals surface area contributed by atoms with E-state index < -0.39 is 5.60 Å². The SMILES string of the molecule is CCCCCCCCCCCCCCCCCCC#CC(C)(C)O. The number of aliphatic hydroxyl groups is 1. The average Bonchev–Trinajstić information content (AvgIpc) is 2.52. The summed E-state index contributed by atoms with van der Waals surface area (Å²) < 4.78 is 0. The highest BCUT2D eigenvalue weighted by molar-refractivity contribution is 5.09. The number of unbranched alkanes of at least 4 members (excludes halogenated alkanes) is 16. The molecule has 0 saturated heterocycles. The first kappa shape index (κ1) is 23.5. The van der Waals surface area contributed by atoms with Crippen molar-refractivity contribution in [3.05, 3.63) is 0 Å². The Labute approximate surface area is 153 Å². The Balaban J connectivity index is 3.09. The molecule has 0 atom stereocenters. The van der Waals surface area contributed by atoms with Gasteiger partial charge in [0.25, 0.3) is 0 Å². The lowest BCUT2D eigenvalue weighted by Crippen LogP contribution is -2.14. The predicted octanol–water partition coefficient (Wildman–Crippen LogP) is 7.41. The van der Waals surface area contributed by atoms with Crippen LogP contribution in [0.15, 0.2) is 0 Å². The Morgan fingerprint density at radius 1 is 0.583 bits per heavy atom. The topological polar surface area (TPSA) is 20.2 Å². The molecule has 0 aromatic carbocycles. The molecule has 0 aliphatic rings. The van der Waals surface area contributed by atoms with Crippen molar-refractivity contribution in [1.29, 1.82) is 0 Å². The number of hydrogen-bond donors (Lipinski definition) is 1. The number of rotatable bonds is 16. The van der Waals surface area contributed by atoms with Crippen molar-refractivity contribution in [1.82, 2.24) is 0 Å². The molecule has 0 saturated carbocycles. The standard InChI is InChI=1S/C23H44O/c1-4-5-6-7-8-9-10-11-12-13-14-15-16-17-18-19-20-21-22-23(2,3)24/h24H,4-20H2,1-3H3. The van der Waals surface area contributed by atoms with Gasteiger partial charge in [-0.2, -0.15) is 0 Å². The van der Waals surface area contributed by atoms with E-state index in [9.17, 15) is 5.11 Å². The first-order valence-corrected chi connectivity index (χ1v) is 10.8. The summed E-state index contributed by atoms with van der Waals surface area (Å²) in [6, 6.07) is 0. The van der Waals surface area contributed by atoms with Gasteiger partial charge in [0, 0.05) is 6.42 Å². The van der Waals surface area contributed by atoms with Crippen LogP contribution in [0.5, 0.6) is 0 Å². The van der Waals surface area contributed by atoms with Gasteiger partial charge in [-0.1, -0.05) is 109 Å². The lowest BCUT2D eigenvalue weighted by Gasteiger charge is -2.05. The first-order valence-electron chi connectivity index (χ1n) is 10.8. The van der Waals surface area contributed by atoms with Crippen LogP contribution >= 0.6 is 0 Å². The van der Waals surface area contributed by atoms with Crippen LogP contribution in [-0.4, -0.2) is 10.7 Å². The monoisotopic (exact) mass is 336 g/mol. The molecule has 1 heteroatoms. The van der Waals surface area contributed by atoms with E-state index in [1.165, 1.54) is 103 Å². The summed E-state index contributed by atoms with van der Waals surface area (Å²) in [6.07, 6.45) is 23.4. The summed E-state index contributed by atoms with van der Waals surface area (Å²) in [5.74, 6) is 5.95. The van der Waals surface area contributed by atoms with E-state index in [1.807, 2.05) is 0 Å². The van der Waals surface area contributed by atoms with Crippen molar-refractivity contribution in [2.75, 3.05) is 0 Å².